The lowest BCUT2D eigenvalue weighted by Gasteiger charge is -2.35. The molecule has 2 saturated heterocycles. The topological polar surface area (TPSA) is 54.0 Å². The zero-order valence-electron chi connectivity index (χ0n) is 17.2. The number of carbonyl (C=O) groups excluding carboxylic acids is 1. The van der Waals surface area contributed by atoms with Gasteiger partial charge in [-0.1, -0.05) is 13.0 Å². The van der Waals surface area contributed by atoms with Gasteiger partial charge in [0, 0.05) is 19.1 Å². The molecule has 0 spiro atoms. The van der Waals surface area contributed by atoms with E-state index in [0.717, 1.165) is 55.5 Å². The van der Waals surface area contributed by atoms with E-state index < -0.39 is 0 Å². The summed E-state index contributed by atoms with van der Waals surface area (Å²) in [7, 11) is 0. The van der Waals surface area contributed by atoms with Gasteiger partial charge in [-0.2, -0.15) is 0 Å². The number of nitrogens with zero attached hydrogens (tertiary/aromatic N) is 2. The Morgan fingerprint density at radius 3 is 2.68 bits per heavy atom. The highest BCUT2D eigenvalue weighted by Crippen LogP contribution is 2.38. The number of benzene rings is 1. The third-order valence-electron chi connectivity index (χ3n) is 6.45. The van der Waals surface area contributed by atoms with Gasteiger partial charge in [-0.15, -0.1) is 0 Å². The van der Waals surface area contributed by atoms with Crippen LogP contribution in [-0.2, 0) is 0 Å². The van der Waals surface area contributed by atoms with Crippen molar-refractivity contribution in [3.63, 3.8) is 0 Å². The Hall–Kier alpha value is -1.95. The molecular weight excluding hydrogens is 354 g/mol. The van der Waals surface area contributed by atoms with E-state index >= 15 is 0 Å². The van der Waals surface area contributed by atoms with Crippen LogP contribution in [-0.4, -0.2) is 61.3 Å². The van der Waals surface area contributed by atoms with Gasteiger partial charge in [0.25, 0.3) is 0 Å². The van der Waals surface area contributed by atoms with Crippen molar-refractivity contribution in [3.8, 4) is 11.5 Å². The molecule has 1 N–H and O–H groups in total. The molecule has 0 aliphatic carbocycles. The van der Waals surface area contributed by atoms with Crippen LogP contribution in [0.1, 0.15) is 51.1 Å². The number of rotatable bonds is 4. The molecule has 6 nitrogen and oxygen atoms in total. The number of carbonyl (C=O) groups is 1. The van der Waals surface area contributed by atoms with E-state index in [-0.39, 0.29) is 12.1 Å². The van der Waals surface area contributed by atoms with Crippen molar-refractivity contribution >= 4 is 6.03 Å². The van der Waals surface area contributed by atoms with Crippen LogP contribution in [0.25, 0.3) is 0 Å². The number of hydrogen-bond acceptors (Lipinski definition) is 4. The molecule has 4 rings (SSSR count). The average molecular weight is 388 g/mol. The predicted octanol–water partition coefficient (Wildman–Crippen LogP) is 3.42. The number of hydrogen-bond donors (Lipinski definition) is 1. The van der Waals surface area contributed by atoms with Crippen LogP contribution in [0.4, 0.5) is 4.79 Å². The minimum absolute atomic E-state index is 0.0506. The molecule has 0 radical (unpaired) electrons. The molecule has 2 fully saturated rings. The monoisotopic (exact) mass is 387 g/mol. The Morgan fingerprint density at radius 2 is 1.89 bits per heavy atom. The smallest absolute Gasteiger partial charge is 0.317 e. The molecule has 1 aromatic carbocycles. The van der Waals surface area contributed by atoms with Crippen LogP contribution < -0.4 is 14.8 Å². The number of piperidine rings is 1. The molecule has 0 aromatic heterocycles. The summed E-state index contributed by atoms with van der Waals surface area (Å²) in [4.78, 5) is 17.4. The molecule has 0 saturated carbocycles. The molecule has 1 aromatic rings. The zero-order chi connectivity index (χ0) is 19.5. The molecule has 6 heteroatoms. The summed E-state index contributed by atoms with van der Waals surface area (Å²) >= 11 is 0. The Labute approximate surface area is 168 Å². The summed E-state index contributed by atoms with van der Waals surface area (Å²) in [5.74, 6) is 2.42. The van der Waals surface area contributed by atoms with Gasteiger partial charge in [0.15, 0.2) is 11.5 Å². The van der Waals surface area contributed by atoms with Crippen molar-refractivity contribution in [1.29, 1.82) is 0 Å². The maximum Gasteiger partial charge on any atom is 0.317 e. The fraction of sp³-hybridized carbons (Fsp3) is 0.682. The van der Waals surface area contributed by atoms with E-state index in [1.54, 1.807) is 0 Å². The number of ether oxygens (including phenoxy) is 2. The fourth-order valence-corrected chi connectivity index (χ4v) is 4.56. The summed E-state index contributed by atoms with van der Waals surface area (Å²) in [6.45, 7) is 9.52. The second-order valence-corrected chi connectivity index (χ2v) is 8.51. The molecule has 2 amide bonds. The lowest BCUT2D eigenvalue weighted by molar-refractivity contribution is 0.141. The van der Waals surface area contributed by atoms with Gasteiger partial charge in [0.2, 0.25) is 0 Å². The van der Waals surface area contributed by atoms with Crippen LogP contribution >= 0.6 is 0 Å². The Morgan fingerprint density at radius 1 is 1.14 bits per heavy atom. The Kier molecular flexibility index (Phi) is 5.95. The fourth-order valence-electron chi connectivity index (χ4n) is 4.56. The average Bonchev–Trinajstić information content (AvgIpc) is 3.22. The summed E-state index contributed by atoms with van der Waals surface area (Å²) < 4.78 is 11.3. The van der Waals surface area contributed by atoms with Crippen LogP contribution in [0.3, 0.4) is 0 Å². The van der Waals surface area contributed by atoms with Crippen LogP contribution in [0.2, 0.25) is 0 Å². The van der Waals surface area contributed by atoms with Gasteiger partial charge in [0.1, 0.15) is 13.2 Å². The normalized spacial score (nSPS) is 24.2. The summed E-state index contributed by atoms with van der Waals surface area (Å²) in [6.07, 6.45) is 4.55. The zero-order valence-corrected chi connectivity index (χ0v) is 17.2. The maximum absolute atomic E-state index is 12.9. The minimum Gasteiger partial charge on any atom is -0.486 e. The third-order valence-corrected chi connectivity index (χ3v) is 6.45. The maximum atomic E-state index is 12.9. The molecule has 3 aliphatic rings. The highest BCUT2D eigenvalue weighted by atomic mass is 16.6. The second kappa shape index (κ2) is 8.60. The van der Waals surface area contributed by atoms with Crippen molar-refractivity contribution in [2.24, 2.45) is 5.92 Å². The van der Waals surface area contributed by atoms with Gasteiger partial charge in [-0.05, 0) is 69.3 Å². The van der Waals surface area contributed by atoms with E-state index in [1.165, 1.54) is 12.8 Å². The van der Waals surface area contributed by atoms with E-state index in [1.807, 2.05) is 17.0 Å². The summed E-state index contributed by atoms with van der Waals surface area (Å²) in [6, 6.07) is 6.63. The third kappa shape index (κ3) is 4.22. The molecule has 3 heterocycles. The second-order valence-electron chi connectivity index (χ2n) is 8.51. The summed E-state index contributed by atoms with van der Waals surface area (Å²) in [5.41, 5.74) is 1.13. The van der Waals surface area contributed by atoms with E-state index in [4.69, 9.17) is 9.47 Å². The first-order valence-electron chi connectivity index (χ1n) is 10.8. The van der Waals surface area contributed by atoms with Crippen molar-refractivity contribution < 1.29 is 14.3 Å². The standard InChI is InChI=1S/C22H33N3O3/c1-16-7-10-24(11-8-16)17(2)15-23-22(26)25-9-3-4-19(25)18-5-6-20-21(14-18)28-13-12-27-20/h5-6,14,16-17,19H,3-4,7-13,15H2,1-2H3,(H,23,26). The van der Waals surface area contributed by atoms with E-state index in [0.29, 0.717) is 25.8 Å². The van der Waals surface area contributed by atoms with Crippen molar-refractivity contribution in [2.75, 3.05) is 39.4 Å². The van der Waals surface area contributed by atoms with Gasteiger partial charge in [-0.3, -0.25) is 4.90 Å². The van der Waals surface area contributed by atoms with Crippen LogP contribution in [0, 0.1) is 5.92 Å². The van der Waals surface area contributed by atoms with Crippen molar-refractivity contribution in [3.05, 3.63) is 23.8 Å². The Bertz CT molecular complexity index is 688. The van der Waals surface area contributed by atoms with E-state index in [2.05, 4.69) is 30.1 Å². The number of urea groups is 1. The molecule has 154 valence electrons. The number of nitrogens with one attached hydrogen (secondary N) is 1. The SMILES string of the molecule is CC1CCN(C(C)CNC(=O)N2CCCC2c2ccc3c(c2)OCCO3)CC1. The predicted molar refractivity (Wildman–Crippen MR) is 109 cm³/mol. The van der Waals surface area contributed by atoms with Gasteiger partial charge < -0.3 is 19.7 Å². The number of likely N-dealkylation sites (tertiary alicyclic amines) is 2. The van der Waals surface area contributed by atoms with Crippen molar-refractivity contribution in [1.82, 2.24) is 15.1 Å². The first-order valence-corrected chi connectivity index (χ1v) is 10.8. The molecule has 3 aliphatic heterocycles. The highest BCUT2D eigenvalue weighted by molar-refractivity contribution is 5.75. The van der Waals surface area contributed by atoms with Gasteiger partial charge in [-0.25, -0.2) is 4.79 Å². The van der Waals surface area contributed by atoms with Crippen LogP contribution in [0.5, 0.6) is 11.5 Å². The molecule has 2 atom stereocenters. The first kappa shape index (κ1) is 19.4. The first-order chi connectivity index (χ1) is 13.6. The summed E-state index contributed by atoms with van der Waals surface area (Å²) in [5, 5.41) is 3.18. The molecule has 28 heavy (non-hydrogen) atoms. The van der Waals surface area contributed by atoms with E-state index in [9.17, 15) is 4.79 Å². The largest absolute Gasteiger partial charge is 0.486 e. The lowest BCUT2D eigenvalue weighted by Crippen LogP contribution is -2.48. The Balaban J connectivity index is 1.34. The molecule has 2 unspecified atom stereocenters. The van der Waals surface area contributed by atoms with Gasteiger partial charge in [0.05, 0.1) is 6.04 Å². The van der Waals surface area contributed by atoms with Crippen LogP contribution in [0.15, 0.2) is 18.2 Å². The minimum atomic E-state index is 0.0506. The quantitative estimate of drug-likeness (QED) is 0.860. The lowest BCUT2D eigenvalue weighted by atomic mass is 9.98. The molecular formula is C22H33N3O3. The number of fused-ring (bicyclic) bond motifs is 1. The van der Waals surface area contributed by atoms with Crippen molar-refractivity contribution in [2.45, 2.75) is 51.6 Å². The molecule has 0 bridgehead atoms. The van der Waals surface area contributed by atoms with Gasteiger partial charge >= 0.3 is 6.03 Å². The number of amides is 2. The highest BCUT2D eigenvalue weighted by Gasteiger charge is 2.31.